The number of nitrogens with one attached hydrogen (secondary N) is 1. The summed E-state index contributed by atoms with van der Waals surface area (Å²) >= 11 is 0. The molecular formula is C14H15FN2O. The molecule has 0 saturated heterocycles. The van der Waals surface area contributed by atoms with Crippen LogP contribution in [0.25, 0.3) is 0 Å². The standard InChI is InChI=1S/C14H15FN2O/c1-18-14-6-5-12(10-13(14)15)17-9-7-11-4-2-3-8-16-11/h2-6,8,10,17H,7,9H2,1H3. The number of hydrogen-bond acceptors (Lipinski definition) is 3. The van der Waals surface area contributed by atoms with Crippen LogP contribution in [0.5, 0.6) is 5.75 Å². The molecule has 1 aromatic heterocycles. The lowest BCUT2D eigenvalue weighted by atomic mass is 10.2. The Hall–Kier alpha value is -2.10. The average molecular weight is 246 g/mol. The Morgan fingerprint density at radius 3 is 2.83 bits per heavy atom. The Bertz CT molecular complexity index is 502. The number of hydrogen-bond donors (Lipinski definition) is 1. The minimum atomic E-state index is -0.361. The summed E-state index contributed by atoms with van der Waals surface area (Å²) in [5.41, 5.74) is 1.75. The Labute approximate surface area is 106 Å². The Morgan fingerprint density at radius 2 is 2.17 bits per heavy atom. The van der Waals surface area contributed by atoms with Gasteiger partial charge in [-0.2, -0.15) is 0 Å². The van der Waals surface area contributed by atoms with Gasteiger partial charge in [0, 0.05) is 36.6 Å². The van der Waals surface area contributed by atoms with Gasteiger partial charge in [0.1, 0.15) is 0 Å². The molecule has 0 radical (unpaired) electrons. The fourth-order valence-corrected chi connectivity index (χ4v) is 1.66. The molecule has 0 bridgehead atoms. The normalized spacial score (nSPS) is 10.1. The van der Waals surface area contributed by atoms with Crippen LogP contribution in [0.2, 0.25) is 0 Å². The number of ether oxygens (including phenoxy) is 1. The smallest absolute Gasteiger partial charge is 0.167 e. The van der Waals surface area contributed by atoms with Crippen molar-refractivity contribution in [1.29, 1.82) is 0 Å². The van der Waals surface area contributed by atoms with Gasteiger partial charge >= 0.3 is 0 Å². The summed E-state index contributed by atoms with van der Waals surface area (Å²) < 4.78 is 18.3. The van der Waals surface area contributed by atoms with Gasteiger partial charge in [-0.3, -0.25) is 4.98 Å². The van der Waals surface area contributed by atoms with Gasteiger partial charge in [-0.05, 0) is 24.3 Å². The Balaban J connectivity index is 1.89. The number of benzene rings is 1. The molecule has 1 heterocycles. The summed E-state index contributed by atoms with van der Waals surface area (Å²) in [5, 5.41) is 3.15. The summed E-state index contributed by atoms with van der Waals surface area (Å²) in [4.78, 5) is 4.22. The van der Waals surface area contributed by atoms with Crippen LogP contribution in [-0.2, 0) is 6.42 Å². The molecule has 1 N–H and O–H groups in total. The number of halogens is 1. The van der Waals surface area contributed by atoms with Crippen molar-refractivity contribution in [2.45, 2.75) is 6.42 Å². The number of rotatable bonds is 5. The number of aromatic nitrogens is 1. The molecule has 1 aromatic carbocycles. The lowest BCUT2D eigenvalue weighted by Crippen LogP contribution is -2.06. The van der Waals surface area contributed by atoms with Crippen LogP contribution in [0.15, 0.2) is 42.6 Å². The third-order valence-corrected chi connectivity index (χ3v) is 2.59. The van der Waals surface area contributed by atoms with E-state index in [1.807, 2.05) is 18.2 Å². The van der Waals surface area contributed by atoms with Crippen LogP contribution in [0.4, 0.5) is 10.1 Å². The number of pyridine rings is 1. The molecule has 0 unspecified atom stereocenters. The molecule has 18 heavy (non-hydrogen) atoms. The number of methoxy groups -OCH3 is 1. The molecule has 2 aromatic rings. The van der Waals surface area contributed by atoms with E-state index < -0.39 is 0 Å². The summed E-state index contributed by atoms with van der Waals surface area (Å²) in [7, 11) is 1.45. The van der Waals surface area contributed by atoms with E-state index in [4.69, 9.17) is 4.74 Å². The highest BCUT2D eigenvalue weighted by Gasteiger charge is 2.02. The zero-order valence-corrected chi connectivity index (χ0v) is 10.2. The Kier molecular flexibility index (Phi) is 4.12. The van der Waals surface area contributed by atoms with E-state index in [1.54, 1.807) is 18.3 Å². The van der Waals surface area contributed by atoms with Crippen molar-refractivity contribution in [2.75, 3.05) is 19.0 Å². The van der Waals surface area contributed by atoms with Crippen molar-refractivity contribution < 1.29 is 9.13 Å². The minimum Gasteiger partial charge on any atom is -0.494 e. The van der Waals surface area contributed by atoms with Crippen molar-refractivity contribution in [3.05, 3.63) is 54.1 Å². The zero-order chi connectivity index (χ0) is 12.8. The minimum absolute atomic E-state index is 0.255. The van der Waals surface area contributed by atoms with Crippen molar-refractivity contribution in [1.82, 2.24) is 4.98 Å². The van der Waals surface area contributed by atoms with Crippen LogP contribution in [0.3, 0.4) is 0 Å². The second-order valence-electron chi connectivity index (χ2n) is 3.85. The molecule has 0 saturated carbocycles. The fraction of sp³-hybridized carbons (Fsp3) is 0.214. The quantitative estimate of drug-likeness (QED) is 0.880. The summed E-state index contributed by atoms with van der Waals surface area (Å²) in [6, 6.07) is 10.6. The average Bonchev–Trinajstić information content (AvgIpc) is 2.40. The molecule has 94 valence electrons. The lowest BCUT2D eigenvalue weighted by molar-refractivity contribution is 0.386. The van der Waals surface area contributed by atoms with Gasteiger partial charge < -0.3 is 10.1 Å². The van der Waals surface area contributed by atoms with Crippen LogP contribution in [0, 0.1) is 5.82 Å². The second kappa shape index (κ2) is 6.00. The second-order valence-corrected chi connectivity index (χ2v) is 3.85. The summed E-state index contributed by atoms with van der Waals surface area (Å²) in [5.74, 6) is -0.106. The Morgan fingerprint density at radius 1 is 1.28 bits per heavy atom. The molecule has 0 spiro atoms. The highest BCUT2D eigenvalue weighted by atomic mass is 19.1. The van der Waals surface area contributed by atoms with E-state index in [9.17, 15) is 4.39 Å². The molecule has 0 atom stereocenters. The van der Waals surface area contributed by atoms with Gasteiger partial charge in [0.05, 0.1) is 7.11 Å². The van der Waals surface area contributed by atoms with Crippen LogP contribution in [-0.4, -0.2) is 18.6 Å². The summed E-state index contributed by atoms with van der Waals surface area (Å²) in [6.07, 6.45) is 2.57. The molecule has 0 fully saturated rings. The van der Waals surface area contributed by atoms with Crippen molar-refractivity contribution in [3.63, 3.8) is 0 Å². The van der Waals surface area contributed by atoms with Gasteiger partial charge in [-0.1, -0.05) is 6.07 Å². The van der Waals surface area contributed by atoms with E-state index in [0.717, 1.165) is 17.8 Å². The van der Waals surface area contributed by atoms with E-state index >= 15 is 0 Å². The number of anilines is 1. The van der Waals surface area contributed by atoms with Gasteiger partial charge in [0.25, 0.3) is 0 Å². The van der Waals surface area contributed by atoms with Crippen molar-refractivity contribution >= 4 is 5.69 Å². The van der Waals surface area contributed by atoms with E-state index in [-0.39, 0.29) is 11.6 Å². The van der Waals surface area contributed by atoms with Crippen LogP contribution in [0.1, 0.15) is 5.69 Å². The third-order valence-electron chi connectivity index (χ3n) is 2.59. The van der Waals surface area contributed by atoms with Gasteiger partial charge in [0.2, 0.25) is 0 Å². The van der Waals surface area contributed by atoms with Crippen molar-refractivity contribution in [3.8, 4) is 5.75 Å². The molecule has 0 aliphatic carbocycles. The van der Waals surface area contributed by atoms with Crippen LogP contribution < -0.4 is 10.1 Å². The molecule has 3 nitrogen and oxygen atoms in total. The first-order chi connectivity index (χ1) is 8.79. The zero-order valence-electron chi connectivity index (χ0n) is 10.2. The topological polar surface area (TPSA) is 34.1 Å². The maximum atomic E-state index is 13.4. The predicted octanol–water partition coefficient (Wildman–Crippen LogP) is 2.88. The van der Waals surface area contributed by atoms with E-state index in [2.05, 4.69) is 10.3 Å². The maximum Gasteiger partial charge on any atom is 0.167 e. The maximum absolute atomic E-state index is 13.4. The first kappa shape index (κ1) is 12.4. The van der Waals surface area contributed by atoms with Crippen LogP contribution >= 0.6 is 0 Å². The molecule has 0 amide bonds. The first-order valence-corrected chi connectivity index (χ1v) is 5.77. The largest absolute Gasteiger partial charge is 0.494 e. The SMILES string of the molecule is COc1ccc(NCCc2ccccn2)cc1F. The lowest BCUT2D eigenvalue weighted by Gasteiger charge is -2.08. The number of nitrogens with zero attached hydrogens (tertiary/aromatic N) is 1. The molecule has 4 heteroatoms. The molecule has 0 aliphatic rings. The van der Waals surface area contributed by atoms with Gasteiger partial charge in [-0.25, -0.2) is 4.39 Å². The van der Waals surface area contributed by atoms with Crippen molar-refractivity contribution in [2.24, 2.45) is 0 Å². The van der Waals surface area contributed by atoms with E-state index in [0.29, 0.717) is 6.54 Å². The molecule has 2 rings (SSSR count). The summed E-state index contributed by atoms with van der Waals surface area (Å²) in [6.45, 7) is 0.711. The predicted molar refractivity (Wildman–Crippen MR) is 69.4 cm³/mol. The first-order valence-electron chi connectivity index (χ1n) is 5.77. The van der Waals surface area contributed by atoms with Gasteiger partial charge in [0.15, 0.2) is 11.6 Å². The molecular weight excluding hydrogens is 231 g/mol. The molecule has 0 aliphatic heterocycles. The monoisotopic (exact) mass is 246 g/mol. The highest BCUT2D eigenvalue weighted by molar-refractivity contribution is 5.47. The van der Waals surface area contributed by atoms with Gasteiger partial charge in [-0.15, -0.1) is 0 Å². The highest BCUT2D eigenvalue weighted by Crippen LogP contribution is 2.20. The third kappa shape index (κ3) is 3.20. The van der Waals surface area contributed by atoms with E-state index in [1.165, 1.54) is 13.2 Å². The fourth-order valence-electron chi connectivity index (χ4n) is 1.66.